The van der Waals surface area contributed by atoms with Gasteiger partial charge in [0.25, 0.3) is 0 Å². The molecular weight excluding hydrogens is 312 g/mol. The molecule has 3 rings (SSSR count). The van der Waals surface area contributed by atoms with E-state index in [1.165, 1.54) is 0 Å². The Morgan fingerprint density at radius 3 is 2.57 bits per heavy atom. The van der Waals surface area contributed by atoms with E-state index in [2.05, 4.69) is 21.0 Å². The largest absolute Gasteiger partial charge is 0.410 e. The van der Waals surface area contributed by atoms with Crippen LogP contribution in [-0.4, -0.2) is 27.5 Å². The highest BCUT2D eigenvalue weighted by molar-refractivity contribution is 7.80. The Labute approximate surface area is 139 Å². The first-order valence-corrected chi connectivity index (χ1v) is 8.08. The van der Waals surface area contributed by atoms with Crippen LogP contribution in [0.15, 0.2) is 40.6 Å². The molecule has 6 nitrogen and oxygen atoms in total. The molecule has 0 heterocycles. The van der Waals surface area contributed by atoms with Crippen LogP contribution < -0.4 is 10.7 Å². The molecule has 120 valence electrons. The van der Waals surface area contributed by atoms with Crippen molar-refractivity contribution in [1.29, 1.82) is 0 Å². The number of rotatable bonds is 2. The van der Waals surface area contributed by atoms with Crippen molar-refractivity contribution in [2.45, 2.75) is 25.7 Å². The van der Waals surface area contributed by atoms with Crippen molar-refractivity contribution < 1.29 is 10.0 Å². The average molecular weight is 330 g/mol. The molecule has 0 aromatic heterocycles. The summed E-state index contributed by atoms with van der Waals surface area (Å²) in [5.74, 6) is -0.195. The number of nitrogens with zero attached hydrogens (tertiary/aromatic N) is 2. The fourth-order valence-electron chi connectivity index (χ4n) is 3.28. The predicted octanol–water partition coefficient (Wildman–Crippen LogP) is 2.55. The molecule has 7 heteroatoms. The number of carbonyl (C=O) groups is 1. The third kappa shape index (κ3) is 3.24. The Morgan fingerprint density at radius 1 is 1.17 bits per heavy atom. The van der Waals surface area contributed by atoms with Gasteiger partial charge in [0, 0.05) is 17.5 Å². The summed E-state index contributed by atoms with van der Waals surface area (Å²) < 4.78 is 0. The van der Waals surface area contributed by atoms with E-state index < -0.39 is 0 Å². The van der Waals surface area contributed by atoms with Crippen LogP contribution in [0.4, 0.5) is 5.69 Å². The van der Waals surface area contributed by atoms with Crippen LogP contribution in [0.3, 0.4) is 0 Å². The number of benzene rings is 1. The monoisotopic (exact) mass is 330 g/mol. The lowest BCUT2D eigenvalue weighted by atomic mass is 9.81. The molecule has 0 saturated heterocycles. The van der Waals surface area contributed by atoms with Gasteiger partial charge in [0.15, 0.2) is 16.6 Å². The second-order valence-electron chi connectivity index (χ2n) is 5.74. The van der Waals surface area contributed by atoms with Crippen LogP contribution in [0.25, 0.3) is 0 Å². The van der Waals surface area contributed by atoms with E-state index in [1.807, 2.05) is 30.3 Å². The minimum atomic E-state index is -0.111. The first kappa shape index (κ1) is 15.6. The molecule has 1 aromatic carbocycles. The van der Waals surface area contributed by atoms with E-state index >= 15 is 0 Å². The third-order valence-corrected chi connectivity index (χ3v) is 4.53. The van der Waals surface area contributed by atoms with E-state index in [0.717, 1.165) is 31.4 Å². The molecule has 2 unspecified atom stereocenters. The molecule has 0 aliphatic heterocycles. The Hall–Kier alpha value is -2.28. The molecule has 2 aliphatic rings. The van der Waals surface area contributed by atoms with Crippen LogP contribution in [0.5, 0.6) is 0 Å². The number of ketones is 1. The normalized spacial score (nSPS) is 27.0. The van der Waals surface area contributed by atoms with Gasteiger partial charge in [-0.1, -0.05) is 36.2 Å². The van der Waals surface area contributed by atoms with Gasteiger partial charge in [-0.05, 0) is 37.2 Å². The highest BCUT2D eigenvalue weighted by Gasteiger charge is 2.46. The number of Topliss-reactive ketones (excluding diaryl/α,β-unsaturated/α-hetero) is 1. The van der Waals surface area contributed by atoms with Crippen LogP contribution in [0, 0.1) is 11.8 Å². The van der Waals surface area contributed by atoms with Gasteiger partial charge in [-0.2, -0.15) is 5.10 Å². The van der Waals surface area contributed by atoms with Gasteiger partial charge in [-0.25, -0.2) is 0 Å². The maximum Gasteiger partial charge on any atom is 0.191 e. The Morgan fingerprint density at radius 2 is 1.87 bits per heavy atom. The van der Waals surface area contributed by atoms with Crippen molar-refractivity contribution in [3.63, 3.8) is 0 Å². The summed E-state index contributed by atoms with van der Waals surface area (Å²) in [5.41, 5.74) is 4.18. The Bertz CT molecular complexity index is 672. The van der Waals surface area contributed by atoms with Crippen molar-refractivity contribution in [3.05, 3.63) is 30.3 Å². The summed E-state index contributed by atoms with van der Waals surface area (Å²) in [6.07, 6.45) is 3.79. The van der Waals surface area contributed by atoms with Crippen LogP contribution >= 0.6 is 12.2 Å². The topological polar surface area (TPSA) is 86.1 Å². The standard InChI is InChI=1S/C16H18N4O2S/c21-15-12-9-5-4-8-11(12)13(14(15)20-22)18-19-16(23)17-10-6-2-1-3-7-10/h1-3,6-7,11-12,22H,4-5,8-9H2,(H2,17,19,23). The summed E-state index contributed by atoms with van der Waals surface area (Å²) in [6, 6.07) is 9.49. The second kappa shape index (κ2) is 6.87. The quantitative estimate of drug-likeness (QED) is 0.441. The number of anilines is 1. The number of para-hydroxylation sites is 1. The first-order chi connectivity index (χ1) is 11.2. The molecular formula is C16H18N4O2S. The molecule has 2 atom stereocenters. The van der Waals surface area contributed by atoms with Crippen molar-refractivity contribution in [2.24, 2.45) is 22.1 Å². The number of hydrogen-bond donors (Lipinski definition) is 3. The van der Waals surface area contributed by atoms with Crippen LogP contribution in [0.1, 0.15) is 25.7 Å². The molecule has 0 radical (unpaired) electrons. The van der Waals surface area contributed by atoms with Crippen molar-refractivity contribution in [2.75, 3.05) is 5.32 Å². The zero-order chi connectivity index (χ0) is 16.2. The van der Waals surface area contributed by atoms with Crippen molar-refractivity contribution >= 4 is 40.2 Å². The lowest BCUT2D eigenvalue weighted by molar-refractivity contribution is -0.117. The van der Waals surface area contributed by atoms with Gasteiger partial charge in [-0.3, -0.25) is 10.2 Å². The van der Waals surface area contributed by atoms with Gasteiger partial charge >= 0.3 is 0 Å². The van der Waals surface area contributed by atoms with Crippen LogP contribution in [-0.2, 0) is 4.79 Å². The van der Waals surface area contributed by atoms with E-state index in [-0.39, 0.29) is 23.3 Å². The molecule has 0 spiro atoms. The fourth-order valence-corrected chi connectivity index (χ4v) is 3.44. The minimum absolute atomic E-state index is 0.0224. The molecule has 0 bridgehead atoms. The van der Waals surface area contributed by atoms with Gasteiger partial charge in [-0.15, -0.1) is 0 Å². The Kier molecular flexibility index (Phi) is 4.66. The van der Waals surface area contributed by atoms with Gasteiger partial charge in [0.05, 0.1) is 5.71 Å². The predicted molar refractivity (Wildman–Crippen MR) is 92.9 cm³/mol. The van der Waals surface area contributed by atoms with Crippen LogP contribution in [0.2, 0.25) is 0 Å². The number of thiocarbonyl (C=S) groups is 1. The number of nitrogens with one attached hydrogen (secondary N) is 2. The SMILES string of the molecule is O=C1C(=NO)C(=NNC(=S)Nc2ccccc2)C2CCCCC12. The lowest BCUT2D eigenvalue weighted by Crippen LogP contribution is -2.29. The van der Waals surface area contributed by atoms with Gasteiger partial charge in [0.2, 0.25) is 0 Å². The van der Waals surface area contributed by atoms with E-state index in [0.29, 0.717) is 10.8 Å². The lowest BCUT2D eigenvalue weighted by Gasteiger charge is -2.22. The molecule has 0 amide bonds. The number of carbonyl (C=O) groups excluding carboxylic acids is 1. The molecule has 2 aliphatic carbocycles. The molecule has 3 N–H and O–H groups in total. The fraction of sp³-hybridized carbons (Fsp3) is 0.375. The van der Waals surface area contributed by atoms with E-state index in [9.17, 15) is 4.79 Å². The average Bonchev–Trinajstić information content (AvgIpc) is 2.86. The number of hydrazone groups is 1. The third-order valence-electron chi connectivity index (χ3n) is 4.34. The van der Waals surface area contributed by atoms with Crippen molar-refractivity contribution in [1.82, 2.24) is 5.43 Å². The summed E-state index contributed by atoms with van der Waals surface area (Å²) in [7, 11) is 0. The zero-order valence-electron chi connectivity index (χ0n) is 12.5. The van der Waals surface area contributed by atoms with Gasteiger partial charge in [0.1, 0.15) is 0 Å². The number of hydrogen-bond acceptors (Lipinski definition) is 5. The summed E-state index contributed by atoms with van der Waals surface area (Å²) in [4.78, 5) is 12.3. The summed E-state index contributed by atoms with van der Waals surface area (Å²) in [6.45, 7) is 0. The van der Waals surface area contributed by atoms with E-state index in [4.69, 9.17) is 17.4 Å². The van der Waals surface area contributed by atoms with Gasteiger partial charge < -0.3 is 10.5 Å². The smallest absolute Gasteiger partial charge is 0.191 e. The molecule has 2 fully saturated rings. The molecule has 2 saturated carbocycles. The highest BCUT2D eigenvalue weighted by atomic mass is 32.1. The summed E-state index contributed by atoms with van der Waals surface area (Å²) >= 11 is 5.21. The second-order valence-corrected chi connectivity index (χ2v) is 6.15. The zero-order valence-corrected chi connectivity index (χ0v) is 13.3. The Balaban J connectivity index is 1.72. The highest BCUT2D eigenvalue weighted by Crippen LogP contribution is 2.37. The number of fused-ring (bicyclic) bond motifs is 1. The first-order valence-electron chi connectivity index (χ1n) is 7.67. The number of oxime groups is 1. The van der Waals surface area contributed by atoms with Crippen molar-refractivity contribution in [3.8, 4) is 0 Å². The minimum Gasteiger partial charge on any atom is -0.410 e. The molecule has 23 heavy (non-hydrogen) atoms. The summed E-state index contributed by atoms with van der Waals surface area (Å²) in [5, 5.41) is 19.9. The molecule has 1 aromatic rings. The van der Waals surface area contributed by atoms with E-state index in [1.54, 1.807) is 0 Å². The maximum atomic E-state index is 12.3. The maximum absolute atomic E-state index is 12.3.